The minimum Gasteiger partial charge on any atom is -0.326 e. The number of benzene rings is 1. The fourth-order valence-corrected chi connectivity index (χ4v) is 3.27. The van der Waals surface area contributed by atoms with E-state index in [4.69, 9.17) is 5.73 Å². The van der Waals surface area contributed by atoms with Gasteiger partial charge in [-0.05, 0) is 52.6 Å². The quantitative estimate of drug-likeness (QED) is 0.887. The van der Waals surface area contributed by atoms with Gasteiger partial charge in [-0.2, -0.15) is 0 Å². The van der Waals surface area contributed by atoms with Gasteiger partial charge in [0.1, 0.15) is 0 Å². The number of nitrogens with two attached hydrogens (primary N) is 1. The molecule has 0 spiro atoms. The number of rotatable bonds is 3. The van der Waals surface area contributed by atoms with Crippen molar-refractivity contribution in [1.82, 2.24) is 4.90 Å². The molecule has 2 atom stereocenters. The summed E-state index contributed by atoms with van der Waals surface area (Å²) in [6, 6.07) is 9.28. The van der Waals surface area contributed by atoms with Crippen molar-refractivity contribution in [3.8, 4) is 0 Å². The van der Waals surface area contributed by atoms with Crippen LogP contribution in [0.15, 0.2) is 24.3 Å². The van der Waals surface area contributed by atoms with Crippen LogP contribution in [0.4, 0.5) is 0 Å². The molecule has 1 saturated heterocycles. The molecule has 0 radical (unpaired) electrons. The molecule has 18 heavy (non-hydrogen) atoms. The molecule has 1 fully saturated rings. The van der Waals surface area contributed by atoms with Gasteiger partial charge in [0.2, 0.25) is 0 Å². The minimum absolute atomic E-state index is 0.157. The van der Waals surface area contributed by atoms with E-state index >= 15 is 0 Å². The van der Waals surface area contributed by atoms with Crippen LogP contribution < -0.4 is 5.73 Å². The van der Waals surface area contributed by atoms with E-state index in [-0.39, 0.29) is 11.6 Å². The van der Waals surface area contributed by atoms with E-state index in [1.165, 1.54) is 24.0 Å². The molecule has 2 nitrogen and oxygen atoms in total. The molecular formula is C16H26N2. The summed E-state index contributed by atoms with van der Waals surface area (Å²) in [6.07, 6.45) is 2.55. The third-order valence-electron chi connectivity index (χ3n) is 4.18. The third kappa shape index (κ3) is 2.60. The highest BCUT2D eigenvalue weighted by Crippen LogP contribution is 2.37. The molecule has 1 heterocycles. The van der Waals surface area contributed by atoms with Gasteiger partial charge in [0.15, 0.2) is 0 Å². The maximum atomic E-state index is 6.28. The molecule has 2 rings (SSSR count). The van der Waals surface area contributed by atoms with Crippen molar-refractivity contribution in [3.63, 3.8) is 0 Å². The summed E-state index contributed by atoms with van der Waals surface area (Å²) in [4.78, 5) is 2.59. The molecular weight excluding hydrogens is 220 g/mol. The van der Waals surface area contributed by atoms with Crippen LogP contribution in [0.5, 0.6) is 0 Å². The van der Waals surface area contributed by atoms with Gasteiger partial charge in [0.25, 0.3) is 0 Å². The van der Waals surface area contributed by atoms with Crippen LogP contribution in [0.1, 0.15) is 50.8 Å². The molecule has 2 heteroatoms. The Morgan fingerprint density at radius 3 is 2.56 bits per heavy atom. The SMILES string of the molecule is Cc1cccc(C(C(C)N)N2CCCC2(C)C)c1. The van der Waals surface area contributed by atoms with Gasteiger partial charge >= 0.3 is 0 Å². The van der Waals surface area contributed by atoms with Crippen LogP contribution in [0, 0.1) is 6.92 Å². The van der Waals surface area contributed by atoms with Crippen molar-refractivity contribution >= 4 is 0 Å². The lowest BCUT2D eigenvalue weighted by molar-refractivity contribution is 0.101. The van der Waals surface area contributed by atoms with Gasteiger partial charge in [-0.25, -0.2) is 0 Å². The Morgan fingerprint density at radius 1 is 1.33 bits per heavy atom. The summed E-state index contributed by atoms with van der Waals surface area (Å²) in [7, 11) is 0. The average Bonchev–Trinajstić information content (AvgIpc) is 2.59. The lowest BCUT2D eigenvalue weighted by atomic mass is 9.93. The normalized spacial score (nSPS) is 22.9. The number of likely N-dealkylation sites (tertiary alicyclic amines) is 1. The van der Waals surface area contributed by atoms with E-state index in [1.54, 1.807) is 0 Å². The maximum absolute atomic E-state index is 6.28. The van der Waals surface area contributed by atoms with E-state index in [9.17, 15) is 0 Å². The van der Waals surface area contributed by atoms with E-state index in [0.29, 0.717) is 6.04 Å². The van der Waals surface area contributed by atoms with E-state index in [1.807, 2.05) is 0 Å². The monoisotopic (exact) mass is 246 g/mol. The van der Waals surface area contributed by atoms with Crippen molar-refractivity contribution in [3.05, 3.63) is 35.4 Å². The van der Waals surface area contributed by atoms with E-state index in [0.717, 1.165) is 6.54 Å². The largest absolute Gasteiger partial charge is 0.326 e. The van der Waals surface area contributed by atoms with Crippen molar-refractivity contribution < 1.29 is 0 Å². The van der Waals surface area contributed by atoms with Gasteiger partial charge in [0, 0.05) is 11.6 Å². The predicted octanol–water partition coefficient (Wildman–Crippen LogP) is 3.26. The number of hydrogen-bond acceptors (Lipinski definition) is 2. The first-order valence-corrected chi connectivity index (χ1v) is 7.01. The summed E-state index contributed by atoms with van der Waals surface area (Å²) in [5, 5.41) is 0. The van der Waals surface area contributed by atoms with Crippen LogP contribution in [-0.2, 0) is 0 Å². The Morgan fingerprint density at radius 2 is 2.06 bits per heavy atom. The highest BCUT2D eigenvalue weighted by molar-refractivity contribution is 5.27. The van der Waals surface area contributed by atoms with Gasteiger partial charge in [-0.15, -0.1) is 0 Å². The summed E-state index contributed by atoms with van der Waals surface area (Å²) in [6.45, 7) is 10.1. The molecule has 2 N–H and O–H groups in total. The number of aryl methyl sites for hydroxylation is 1. The van der Waals surface area contributed by atoms with Crippen molar-refractivity contribution in [2.24, 2.45) is 5.73 Å². The fraction of sp³-hybridized carbons (Fsp3) is 0.625. The number of nitrogens with zero attached hydrogens (tertiary/aromatic N) is 1. The zero-order chi connectivity index (χ0) is 13.3. The second-order valence-corrected chi connectivity index (χ2v) is 6.33. The summed E-state index contributed by atoms with van der Waals surface area (Å²) in [5.41, 5.74) is 9.22. The topological polar surface area (TPSA) is 29.3 Å². The zero-order valence-electron chi connectivity index (χ0n) is 12.1. The summed E-state index contributed by atoms with van der Waals surface area (Å²) in [5.74, 6) is 0. The predicted molar refractivity (Wildman–Crippen MR) is 77.6 cm³/mol. The lowest BCUT2D eigenvalue weighted by Crippen LogP contribution is -2.47. The van der Waals surface area contributed by atoms with Crippen molar-refractivity contribution in [2.75, 3.05) is 6.54 Å². The van der Waals surface area contributed by atoms with Crippen molar-refractivity contribution in [2.45, 2.75) is 58.2 Å². The molecule has 1 aromatic carbocycles. The van der Waals surface area contributed by atoms with E-state index < -0.39 is 0 Å². The molecule has 2 unspecified atom stereocenters. The molecule has 1 aliphatic rings. The molecule has 0 aliphatic carbocycles. The third-order valence-corrected chi connectivity index (χ3v) is 4.18. The Balaban J connectivity index is 2.35. The smallest absolute Gasteiger partial charge is 0.0501 e. The molecule has 0 amide bonds. The molecule has 0 aromatic heterocycles. The fourth-order valence-electron chi connectivity index (χ4n) is 3.27. The molecule has 0 saturated carbocycles. The summed E-state index contributed by atoms with van der Waals surface area (Å²) >= 11 is 0. The second-order valence-electron chi connectivity index (χ2n) is 6.33. The average molecular weight is 246 g/mol. The molecule has 0 bridgehead atoms. The first-order valence-electron chi connectivity index (χ1n) is 7.01. The Labute approximate surface area is 111 Å². The highest BCUT2D eigenvalue weighted by atomic mass is 15.2. The molecule has 100 valence electrons. The van der Waals surface area contributed by atoms with Crippen LogP contribution in [0.3, 0.4) is 0 Å². The van der Waals surface area contributed by atoms with Crippen LogP contribution >= 0.6 is 0 Å². The summed E-state index contributed by atoms with van der Waals surface area (Å²) < 4.78 is 0. The Kier molecular flexibility index (Phi) is 3.79. The van der Waals surface area contributed by atoms with Gasteiger partial charge in [-0.1, -0.05) is 29.8 Å². The van der Waals surface area contributed by atoms with Gasteiger partial charge in [-0.3, -0.25) is 4.90 Å². The lowest BCUT2D eigenvalue weighted by Gasteiger charge is -2.40. The Hall–Kier alpha value is -0.860. The zero-order valence-corrected chi connectivity index (χ0v) is 12.1. The maximum Gasteiger partial charge on any atom is 0.0501 e. The van der Waals surface area contributed by atoms with Gasteiger partial charge in [0.05, 0.1) is 6.04 Å². The van der Waals surface area contributed by atoms with Crippen LogP contribution in [0.25, 0.3) is 0 Å². The van der Waals surface area contributed by atoms with Crippen LogP contribution in [-0.4, -0.2) is 23.0 Å². The highest BCUT2D eigenvalue weighted by Gasteiger charge is 2.38. The van der Waals surface area contributed by atoms with Crippen molar-refractivity contribution in [1.29, 1.82) is 0 Å². The Bertz CT molecular complexity index is 409. The standard InChI is InChI=1S/C16H26N2/c1-12-7-5-8-14(11-12)15(13(2)17)18-10-6-9-16(18,3)4/h5,7-8,11,13,15H,6,9-10,17H2,1-4H3. The van der Waals surface area contributed by atoms with E-state index in [2.05, 4.69) is 56.9 Å². The first-order chi connectivity index (χ1) is 8.42. The number of hydrogen-bond donors (Lipinski definition) is 1. The molecule has 1 aromatic rings. The minimum atomic E-state index is 0.157. The molecule has 1 aliphatic heterocycles. The second kappa shape index (κ2) is 5.02. The first kappa shape index (κ1) is 13.6. The van der Waals surface area contributed by atoms with Gasteiger partial charge < -0.3 is 5.73 Å². The van der Waals surface area contributed by atoms with Crippen LogP contribution in [0.2, 0.25) is 0 Å².